The number of thiazole rings is 1. The lowest BCUT2D eigenvalue weighted by atomic mass is 10.1. The summed E-state index contributed by atoms with van der Waals surface area (Å²) < 4.78 is 8.03. The SMILES string of the molecule is Clc1ccc(-c2csc(=Nc3cccnc3)n2CC2CCCO2)c(Cl)c1. The Morgan fingerprint density at radius 2 is 2.23 bits per heavy atom. The van der Waals surface area contributed by atoms with Crippen LogP contribution in [0, 0.1) is 0 Å². The molecule has 0 amide bonds. The molecule has 0 aliphatic carbocycles. The summed E-state index contributed by atoms with van der Waals surface area (Å²) in [5.41, 5.74) is 2.79. The van der Waals surface area contributed by atoms with Gasteiger partial charge in [-0.2, -0.15) is 0 Å². The Labute approximate surface area is 165 Å². The van der Waals surface area contributed by atoms with Gasteiger partial charge in [0.2, 0.25) is 0 Å². The van der Waals surface area contributed by atoms with Crippen LogP contribution in [0.1, 0.15) is 12.8 Å². The van der Waals surface area contributed by atoms with E-state index < -0.39 is 0 Å². The third-order valence-corrected chi connectivity index (χ3v) is 5.70. The van der Waals surface area contributed by atoms with Gasteiger partial charge in [-0.05, 0) is 43.2 Å². The molecular formula is C19H17Cl2N3OS. The number of benzene rings is 1. The quantitative estimate of drug-likeness (QED) is 0.588. The maximum absolute atomic E-state index is 6.46. The highest BCUT2D eigenvalue weighted by atomic mass is 35.5. The lowest BCUT2D eigenvalue weighted by molar-refractivity contribution is 0.0968. The zero-order chi connectivity index (χ0) is 17.9. The predicted octanol–water partition coefficient (Wildman–Crippen LogP) is 5.33. The number of aromatic nitrogens is 2. The van der Waals surface area contributed by atoms with Crippen molar-refractivity contribution in [3.05, 3.63) is 63.0 Å². The number of pyridine rings is 1. The van der Waals surface area contributed by atoms with Crippen LogP contribution in [0.4, 0.5) is 5.69 Å². The van der Waals surface area contributed by atoms with Crippen molar-refractivity contribution in [3.63, 3.8) is 0 Å². The summed E-state index contributed by atoms with van der Waals surface area (Å²) in [5.74, 6) is 0. The standard InChI is InChI=1S/C19H17Cl2N3OS/c20-13-5-6-16(17(21)9-13)18-12-26-19(23-14-3-1-7-22-10-14)24(18)11-15-4-2-8-25-15/h1,3,5-7,9-10,12,15H,2,4,8,11H2. The molecule has 134 valence electrons. The van der Waals surface area contributed by atoms with E-state index in [-0.39, 0.29) is 6.10 Å². The molecule has 0 spiro atoms. The van der Waals surface area contributed by atoms with Crippen molar-refractivity contribution in [2.45, 2.75) is 25.5 Å². The fraction of sp³-hybridized carbons (Fsp3) is 0.263. The van der Waals surface area contributed by atoms with Gasteiger partial charge in [0.1, 0.15) is 0 Å². The van der Waals surface area contributed by atoms with Gasteiger partial charge >= 0.3 is 0 Å². The van der Waals surface area contributed by atoms with E-state index in [0.29, 0.717) is 10.0 Å². The highest BCUT2D eigenvalue weighted by Gasteiger charge is 2.20. The molecule has 0 radical (unpaired) electrons. The summed E-state index contributed by atoms with van der Waals surface area (Å²) >= 11 is 14.1. The molecule has 2 aromatic heterocycles. The maximum Gasteiger partial charge on any atom is 0.190 e. The summed E-state index contributed by atoms with van der Waals surface area (Å²) in [5, 5.41) is 3.34. The van der Waals surface area contributed by atoms with Gasteiger partial charge in [-0.15, -0.1) is 11.3 Å². The van der Waals surface area contributed by atoms with Crippen LogP contribution < -0.4 is 4.80 Å². The van der Waals surface area contributed by atoms with Gasteiger partial charge in [0.25, 0.3) is 0 Å². The second-order valence-corrected chi connectivity index (χ2v) is 7.78. The van der Waals surface area contributed by atoms with Crippen molar-refractivity contribution in [1.29, 1.82) is 0 Å². The van der Waals surface area contributed by atoms with Crippen LogP contribution in [0.25, 0.3) is 11.3 Å². The summed E-state index contributed by atoms with van der Waals surface area (Å²) in [6, 6.07) is 9.40. The van der Waals surface area contributed by atoms with Crippen molar-refractivity contribution >= 4 is 40.2 Å². The van der Waals surface area contributed by atoms with E-state index >= 15 is 0 Å². The first kappa shape index (κ1) is 17.7. The van der Waals surface area contributed by atoms with E-state index in [2.05, 4.69) is 14.9 Å². The van der Waals surface area contributed by atoms with Crippen LogP contribution >= 0.6 is 34.5 Å². The Kier molecular flexibility index (Phi) is 5.41. The van der Waals surface area contributed by atoms with Crippen LogP contribution in [0.2, 0.25) is 10.0 Å². The zero-order valence-electron chi connectivity index (χ0n) is 13.9. The molecular weight excluding hydrogens is 389 g/mol. The molecule has 0 bridgehead atoms. The molecule has 7 heteroatoms. The minimum Gasteiger partial charge on any atom is -0.376 e. The summed E-state index contributed by atoms with van der Waals surface area (Å²) in [6.45, 7) is 1.57. The third-order valence-electron chi connectivity index (χ3n) is 4.29. The topological polar surface area (TPSA) is 39.4 Å². The summed E-state index contributed by atoms with van der Waals surface area (Å²) in [4.78, 5) is 9.81. The molecule has 3 heterocycles. The number of hydrogen-bond acceptors (Lipinski definition) is 4. The Balaban J connectivity index is 1.82. The van der Waals surface area contributed by atoms with Crippen LogP contribution in [0.5, 0.6) is 0 Å². The second-order valence-electron chi connectivity index (χ2n) is 6.10. The van der Waals surface area contributed by atoms with Crippen LogP contribution in [0.3, 0.4) is 0 Å². The lowest BCUT2D eigenvalue weighted by Crippen LogP contribution is -2.24. The van der Waals surface area contributed by atoms with E-state index in [1.54, 1.807) is 29.8 Å². The highest BCUT2D eigenvalue weighted by molar-refractivity contribution is 7.07. The Hall–Kier alpha value is -1.66. The highest BCUT2D eigenvalue weighted by Crippen LogP contribution is 2.31. The molecule has 1 fully saturated rings. The molecule has 3 aromatic rings. The van der Waals surface area contributed by atoms with E-state index in [1.165, 1.54) is 0 Å². The van der Waals surface area contributed by atoms with E-state index in [9.17, 15) is 0 Å². The molecule has 1 aliphatic heterocycles. The third kappa shape index (κ3) is 3.86. The van der Waals surface area contributed by atoms with Crippen molar-refractivity contribution < 1.29 is 4.74 Å². The predicted molar refractivity (Wildman–Crippen MR) is 106 cm³/mol. The van der Waals surface area contributed by atoms with Gasteiger partial charge < -0.3 is 9.30 Å². The minimum atomic E-state index is 0.197. The largest absolute Gasteiger partial charge is 0.376 e. The molecule has 1 atom stereocenters. The molecule has 0 saturated carbocycles. The van der Waals surface area contributed by atoms with E-state index in [1.807, 2.05) is 24.3 Å². The Morgan fingerprint density at radius 3 is 2.96 bits per heavy atom. The monoisotopic (exact) mass is 405 g/mol. The van der Waals surface area contributed by atoms with Crippen molar-refractivity contribution in [1.82, 2.24) is 9.55 Å². The summed E-state index contributed by atoms with van der Waals surface area (Å²) in [6.07, 6.45) is 5.85. The van der Waals surface area contributed by atoms with Gasteiger partial charge in [0.05, 0.1) is 35.2 Å². The Bertz CT molecular complexity index is 962. The van der Waals surface area contributed by atoms with Gasteiger partial charge in [-0.3, -0.25) is 4.98 Å². The number of hydrogen-bond donors (Lipinski definition) is 0. The van der Waals surface area contributed by atoms with E-state index in [4.69, 9.17) is 32.9 Å². The van der Waals surface area contributed by atoms with Crippen LogP contribution in [-0.4, -0.2) is 22.3 Å². The first-order chi connectivity index (χ1) is 12.7. The van der Waals surface area contributed by atoms with Gasteiger partial charge in [0.15, 0.2) is 4.80 Å². The van der Waals surface area contributed by atoms with Crippen molar-refractivity contribution in [3.8, 4) is 11.3 Å². The first-order valence-corrected chi connectivity index (χ1v) is 10.0. The molecule has 0 N–H and O–H groups in total. The van der Waals surface area contributed by atoms with E-state index in [0.717, 1.165) is 47.7 Å². The van der Waals surface area contributed by atoms with Crippen molar-refractivity contribution in [2.75, 3.05) is 6.61 Å². The average Bonchev–Trinajstić information content (AvgIpc) is 3.28. The molecule has 1 unspecified atom stereocenters. The molecule has 4 rings (SSSR count). The zero-order valence-corrected chi connectivity index (χ0v) is 16.3. The molecule has 1 saturated heterocycles. The molecule has 1 aliphatic rings. The van der Waals surface area contributed by atoms with Crippen molar-refractivity contribution in [2.24, 2.45) is 4.99 Å². The smallest absolute Gasteiger partial charge is 0.190 e. The lowest BCUT2D eigenvalue weighted by Gasteiger charge is -2.15. The van der Waals surface area contributed by atoms with Gasteiger partial charge in [-0.25, -0.2) is 4.99 Å². The Morgan fingerprint density at radius 1 is 1.31 bits per heavy atom. The van der Waals surface area contributed by atoms with Gasteiger partial charge in [0, 0.05) is 28.8 Å². The van der Waals surface area contributed by atoms with Gasteiger partial charge in [-0.1, -0.05) is 23.2 Å². The number of ether oxygens (including phenoxy) is 1. The fourth-order valence-electron chi connectivity index (χ4n) is 3.03. The fourth-order valence-corrected chi connectivity index (χ4v) is 4.47. The molecule has 1 aromatic carbocycles. The molecule has 4 nitrogen and oxygen atoms in total. The second kappa shape index (κ2) is 7.92. The minimum absolute atomic E-state index is 0.197. The first-order valence-electron chi connectivity index (χ1n) is 8.41. The number of nitrogens with zero attached hydrogens (tertiary/aromatic N) is 3. The summed E-state index contributed by atoms with van der Waals surface area (Å²) in [7, 11) is 0. The molecule has 26 heavy (non-hydrogen) atoms. The van der Waals surface area contributed by atoms with Crippen LogP contribution in [0.15, 0.2) is 53.1 Å². The number of rotatable bonds is 4. The van der Waals surface area contributed by atoms with Crippen LogP contribution in [-0.2, 0) is 11.3 Å². The number of halogens is 2. The average molecular weight is 406 g/mol. The normalized spacial score (nSPS) is 17.8. The maximum atomic E-state index is 6.46.